The first-order chi connectivity index (χ1) is 9.92. The fraction of sp³-hybridized carbons (Fsp3) is 0. The van der Waals surface area contributed by atoms with E-state index in [1.165, 1.54) is 0 Å². The van der Waals surface area contributed by atoms with Crippen molar-refractivity contribution < 1.29 is 8.78 Å². The molecule has 21 heavy (non-hydrogen) atoms. The fourth-order valence-electron chi connectivity index (χ4n) is 1.83. The lowest BCUT2D eigenvalue weighted by molar-refractivity contribution is 0.511. The average Bonchev–Trinajstić information content (AvgIpc) is 2.44. The molecule has 104 valence electrons. The first-order valence-corrected chi connectivity index (χ1v) is 5.80. The summed E-state index contributed by atoms with van der Waals surface area (Å²) in [5.41, 5.74) is 2.90. The molecular formula is C13H5ClF2N4O. The Labute approximate surface area is 121 Å². The van der Waals surface area contributed by atoms with Gasteiger partial charge in [0, 0.05) is 11.1 Å². The van der Waals surface area contributed by atoms with Crippen LogP contribution < -0.4 is 11.3 Å². The van der Waals surface area contributed by atoms with E-state index in [-0.39, 0.29) is 16.9 Å². The number of nitrogens with two attached hydrogens (primary N) is 1. The molecular weight excluding hydrogens is 302 g/mol. The standard InChI is InChI=1S/C13H5ClF2N4O/c14-8-2-1-5(10(15)11(8)16)9-6(3-17)12(19)20-13(21)7(9)4-18/h1-2H,(H3,19,20,21). The Bertz CT molecular complexity index is 893. The zero-order chi connectivity index (χ0) is 15.7. The summed E-state index contributed by atoms with van der Waals surface area (Å²) in [6.07, 6.45) is 0. The Morgan fingerprint density at radius 3 is 2.33 bits per heavy atom. The van der Waals surface area contributed by atoms with Crippen LogP contribution in [0.15, 0.2) is 16.9 Å². The number of nitrogens with one attached hydrogen (secondary N) is 1. The maximum Gasteiger partial charge on any atom is 0.268 e. The molecule has 0 atom stereocenters. The van der Waals surface area contributed by atoms with Gasteiger partial charge in [-0.3, -0.25) is 4.79 Å². The van der Waals surface area contributed by atoms with Crippen LogP contribution in [0.1, 0.15) is 11.1 Å². The number of rotatable bonds is 1. The van der Waals surface area contributed by atoms with Gasteiger partial charge in [0.2, 0.25) is 0 Å². The number of anilines is 1. The topological polar surface area (TPSA) is 106 Å². The van der Waals surface area contributed by atoms with Gasteiger partial charge in [-0.2, -0.15) is 10.5 Å². The van der Waals surface area contributed by atoms with Gasteiger partial charge in [-0.1, -0.05) is 11.6 Å². The van der Waals surface area contributed by atoms with Crippen molar-refractivity contribution in [1.82, 2.24) is 4.98 Å². The lowest BCUT2D eigenvalue weighted by atomic mass is 9.96. The van der Waals surface area contributed by atoms with E-state index in [0.29, 0.717) is 0 Å². The predicted octanol–water partition coefficient (Wildman–Crippen LogP) is 2.30. The van der Waals surface area contributed by atoms with E-state index >= 15 is 0 Å². The molecule has 1 aromatic carbocycles. The Morgan fingerprint density at radius 1 is 1.14 bits per heavy atom. The molecule has 8 heteroatoms. The second-order valence-electron chi connectivity index (χ2n) is 3.94. The molecule has 1 heterocycles. The molecule has 0 saturated carbocycles. The van der Waals surface area contributed by atoms with Crippen molar-refractivity contribution >= 4 is 17.4 Å². The largest absolute Gasteiger partial charge is 0.384 e. The van der Waals surface area contributed by atoms with E-state index in [9.17, 15) is 13.6 Å². The van der Waals surface area contributed by atoms with Crippen LogP contribution in [0, 0.1) is 34.3 Å². The molecule has 0 aliphatic carbocycles. The van der Waals surface area contributed by atoms with E-state index in [4.69, 9.17) is 27.9 Å². The number of H-pyrrole nitrogens is 1. The van der Waals surface area contributed by atoms with E-state index in [1.807, 2.05) is 0 Å². The van der Waals surface area contributed by atoms with Crippen LogP contribution in [0.3, 0.4) is 0 Å². The molecule has 0 saturated heterocycles. The summed E-state index contributed by atoms with van der Waals surface area (Å²) in [6.45, 7) is 0. The van der Waals surface area contributed by atoms with Crippen molar-refractivity contribution in [1.29, 1.82) is 10.5 Å². The number of nitriles is 2. The van der Waals surface area contributed by atoms with Gasteiger partial charge < -0.3 is 10.7 Å². The second kappa shape index (κ2) is 5.23. The molecule has 3 N–H and O–H groups in total. The van der Waals surface area contributed by atoms with Crippen molar-refractivity contribution in [2.24, 2.45) is 0 Å². The number of hydrogen-bond acceptors (Lipinski definition) is 4. The number of nitrogen functional groups attached to an aromatic ring is 1. The van der Waals surface area contributed by atoms with E-state index in [1.54, 1.807) is 12.1 Å². The summed E-state index contributed by atoms with van der Waals surface area (Å²) in [4.78, 5) is 13.8. The molecule has 0 spiro atoms. The summed E-state index contributed by atoms with van der Waals surface area (Å²) in [5.74, 6) is -3.06. The molecule has 0 fully saturated rings. The van der Waals surface area contributed by atoms with Gasteiger partial charge >= 0.3 is 0 Å². The molecule has 0 radical (unpaired) electrons. The van der Waals surface area contributed by atoms with E-state index < -0.39 is 33.3 Å². The third-order valence-corrected chi connectivity index (χ3v) is 3.06. The number of pyridine rings is 1. The molecule has 0 bridgehead atoms. The number of aromatic amines is 1. The van der Waals surface area contributed by atoms with Crippen LogP contribution >= 0.6 is 11.6 Å². The smallest absolute Gasteiger partial charge is 0.268 e. The molecule has 2 rings (SSSR count). The zero-order valence-electron chi connectivity index (χ0n) is 10.2. The summed E-state index contributed by atoms with van der Waals surface area (Å²) in [6, 6.07) is 5.33. The van der Waals surface area contributed by atoms with Gasteiger partial charge in [0.25, 0.3) is 5.56 Å². The van der Waals surface area contributed by atoms with Gasteiger partial charge in [0.15, 0.2) is 11.6 Å². The SMILES string of the molecule is N#Cc1c(N)[nH]c(=O)c(C#N)c1-c1ccc(Cl)c(F)c1F. The van der Waals surface area contributed by atoms with Gasteiger partial charge in [0.1, 0.15) is 29.1 Å². The third-order valence-electron chi connectivity index (χ3n) is 2.77. The Balaban J connectivity index is 3.01. The average molecular weight is 307 g/mol. The number of halogens is 3. The highest BCUT2D eigenvalue weighted by molar-refractivity contribution is 6.30. The minimum Gasteiger partial charge on any atom is -0.384 e. The Hall–Kier alpha value is -2.90. The van der Waals surface area contributed by atoms with Gasteiger partial charge in [-0.15, -0.1) is 0 Å². The summed E-state index contributed by atoms with van der Waals surface area (Å²) < 4.78 is 27.6. The second-order valence-corrected chi connectivity index (χ2v) is 4.35. The van der Waals surface area contributed by atoms with Crippen molar-refractivity contribution in [2.75, 3.05) is 5.73 Å². The highest BCUT2D eigenvalue weighted by Crippen LogP contribution is 2.33. The Morgan fingerprint density at radius 2 is 1.76 bits per heavy atom. The maximum atomic E-state index is 14.0. The highest BCUT2D eigenvalue weighted by Gasteiger charge is 2.23. The van der Waals surface area contributed by atoms with Crippen LogP contribution in [0.5, 0.6) is 0 Å². The molecule has 2 aromatic rings. The monoisotopic (exact) mass is 306 g/mol. The van der Waals surface area contributed by atoms with E-state index in [2.05, 4.69) is 4.98 Å². The van der Waals surface area contributed by atoms with Crippen molar-refractivity contribution in [3.8, 4) is 23.3 Å². The van der Waals surface area contributed by atoms with Crippen molar-refractivity contribution in [2.45, 2.75) is 0 Å². The molecule has 0 unspecified atom stereocenters. The van der Waals surface area contributed by atoms with Gasteiger partial charge in [0.05, 0.1) is 5.02 Å². The highest BCUT2D eigenvalue weighted by atomic mass is 35.5. The fourth-order valence-corrected chi connectivity index (χ4v) is 1.98. The first kappa shape index (κ1) is 14.5. The molecule has 1 aromatic heterocycles. The molecule has 0 aliphatic rings. The normalized spacial score (nSPS) is 9.95. The maximum absolute atomic E-state index is 14.0. The van der Waals surface area contributed by atoms with Crippen LogP contribution in [-0.2, 0) is 0 Å². The lowest BCUT2D eigenvalue weighted by Crippen LogP contribution is -2.16. The minimum absolute atomic E-state index is 0.327. The number of nitrogens with zero attached hydrogens (tertiary/aromatic N) is 2. The quantitative estimate of drug-likeness (QED) is 0.788. The number of aromatic nitrogens is 1. The number of benzene rings is 1. The number of hydrogen-bond donors (Lipinski definition) is 2. The zero-order valence-corrected chi connectivity index (χ0v) is 10.9. The third kappa shape index (κ3) is 2.20. The Kier molecular flexibility index (Phi) is 3.62. The van der Waals surface area contributed by atoms with E-state index in [0.717, 1.165) is 12.1 Å². The molecule has 0 amide bonds. The van der Waals surface area contributed by atoms with Crippen LogP contribution in [0.2, 0.25) is 5.02 Å². The minimum atomic E-state index is -1.37. The van der Waals surface area contributed by atoms with Crippen LogP contribution in [0.25, 0.3) is 11.1 Å². The first-order valence-electron chi connectivity index (χ1n) is 5.42. The van der Waals surface area contributed by atoms with Crippen LogP contribution in [-0.4, -0.2) is 4.98 Å². The summed E-state index contributed by atoms with van der Waals surface area (Å²) in [7, 11) is 0. The summed E-state index contributed by atoms with van der Waals surface area (Å²) in [5, 5.41) is 17.6. The molecule has 5 nitrogen and oxygen atoms in total. The van der Waals surface area contributed by atoms with Crippen molar-refractivity contribution in [3.05, 3.63) is 50.3 Å². The molecule has 0 aliphatic heterocycles. The summed E-state index contributed by atoms with van der Waals surface area (Å²) >= 11 is 5.45. The predicted molar refractivity (Wildman–Crippen MR) is 71.3 cm³/mol. The lowest BCUT2D eigenvalue weighted by Gasteiger charge is -2.10. The van der Waals surface area contributed by atoms with Crippen LogP contribution in [0.4, 0.5) is 14.6 Å². The van der Waals surface area contributed by atoms with Gasteiger partial charge in [-0.05, 0) is 12.1 Å². The van der Waals surface area contributed by atoms with Gasteiger partial charge in [-0.25, -0.2) is 8.78 Å². The van der Waals surface area contributed by atoms with Crippen molar-refractivity contribution in [3.63, 3.8) is 0 Å².